The van der Waals surface area contributed by atoms with Crippen LogP contribution in [0, 0.1) is 6.92 Å². The number of nitrogens with zero attached hydrogens (tertiary/aromatic N) is 2. The average molecular weight is 338 g/mol. The Bertz CT molecular complexity index is 769. The number of ether oxygens (including phenoxy) is 1. The summed E-state index contributed by atoms with van der Waals surface area (Å²) in [4.78, 5) is 0. The number of aromatic nitrogens is 2. The van der Waals surface area contributed by atoms with Crippen LogP contribution >= 0.6 is 0 Å². The Kier molecular flexibility index (Phi) is 4.57. The number of nitrogens with one attached hydrogen (secondary N) is 2. The largest absolute Gasteiger partial charge is 0.496 e. The lowest BCUT2D eigenvalue weighted by Gasteiger charge is -2.25. The van der Waals surface area contributed by atoms with Crippen molar-refractivity contribution in [2.45, 2.75) is 45.1 Å². The fourth-order valence-corrected chi connectivity index (χ4v) is 3.98. The molecule has 1 aromatic carbocycles. The Morgan fingerprint density at radius 1 is 1.16 bits per heavy atom. The summed E-state index contributed by atoms with van der Waals surface area (Å²) in [5.74, 6) is 1.86. The zero-order valence-corrected chi connectivity index (χ0v) is 15.1. The Morgan fingerprint density at radius 2 is 2.04 bits per heavy atom. The van der Waals surface area contributed by atoms with Crippen LogP contribution in [-0.4, -0.2) is 36.4 Å². The van der Waals surface area contributed by atoms with Gasteiger partial charge in [0, 0.05) is 23.7 Å². The van der Waals surface area contributed by atoms with Gasteiger partial charge in [-0.2, -0.15) is 0 Å². The molecule has 1 unspecified atom stereocenters. The van der Waals surface area contributed by atoms with Crippen LogP contribution in [0.1, 0.15) is 36.0 Å². The number of fused-ring (bicyclic) bond motifs is 1. The van der Waals surface area contributed by atoms with Gasteiger partial charge in [0.1, 0.15) is 11.4 Å². The smallest absolute Gasteiger partial charge is 0.152 e. The Labute approximate surface area is 149 Å². The van der Waals surface area contributed by atoms with E-state index in [1.54, 1.807) is 7.11 Å². The number of methoxy groups -OCH3 is 1. The third-order valence-electron chi connectivity index (χ3n) is 5.29. The lowest BCUT2D eigenvalue weighted by atomic mass is 10.0. The molecule has 0 saturated carbocycles. The Hall–Kier alpha value is -2.14. The molecule has 5 nitrogen and oxygen atoms in total. The number of aryl methyl sites for hydroxylation is 1. The molecule has 5 heteroatoms. The van der Waals surface area contributed by atoms with Crippen LogP contribution in [-0.2, 0) is 12.8 Å². The highest BCUT2D eigenvalue weighted by Crippen LogP contribution is 2.38. The molecular formula is C20H26N4O. The summed E-state index contributed by atoms with van der Waals surface area (Å²) in [6.45, 7) is 4.20. The van der Waals surface area contributed by atoms with E-state index in [2.05, 4.69) is 46.0 Å². The Morgan fingerprint density at radius 3 is 2.84 bits per heavy atom. The van der Waals surface area contributed by atoms with Gasteiger partial charge in [0.25, 0.3) is 0 Å². The molecule has 25 heavy (non-hydrogen) atoms. The van der Waals surface area contributed by atoms with Crippen molar-refractivity contribution in [2.24, 2.45) is 0 Å². The topological polar surface area (TPSA) is 59.1 Å². The number of hydrogen-bond acceptors (Lipinski definition) is 5. The summed E-state index contributed by atoms with van der Waals surface area (Å²) in [6.07, 6.45) is 5.72. The van der Waals surface area contributed by atoms with E-state index in [0.717, 1.165) is 48.8 Å². The summed E-state index contributed by atoms with van der Waals surface area (Å²) >= 11 is 0. The van der Waals surface area contributed by atoms with E-state index >= 15 is 0 Å². The molecule has 132 valence electrons. The first-order valence-corrected chi connectivity index (χ1v) is 9.27. The lowest BCUT2D eigenvalue weighted by molar-refractivity contribution is 0.416. The van der Waals surface area contributed by atoms with Crippen molar-refractivity contribution >= 4 is 5.82 Å². The third kappa shape index (κ3) is 3.21. The molecule has 1 saturated heterocycles. The van der Waals surface area contributed by atoms with Gasteiger partial charge >= 0.3 is 0 Å². The molecule has 2 N–H and O–H groups in total. The minimum atomic E-state index is 0.451. The minimum Gasteiger partial charge on any atom is -0.496 e. The van der Waals surface area contributed by atoms with E-state index < -0.39 is 0 Å². The Balaban J connectivity index is 1.70. The monoisotopic (exact) mass is 338 g/mol. The van der Waals surface area contributed by atoms with E-state index in [0.29, 0.717) is 6.04 Å². The van der Waals surface area contributed by atoms with Crippen molar-refractivity contribution in [2.75, 3.05) is 25.5 Å². The number of anilines is 1. The fourth-order valence-electron chi connectivity index (χ4n) is 3.98. The van der Waals surface area contributed by atoms with Crippen LogP contribution in [0.15, 0.2) is 18.2 Å². The summed E-state index contributed by atoms with van der Waals surface area (Å²) in [6, 6.07) is 6.74. The van der Waals surface area contributed by atoms with Crippen LogP contribution < -0.4 is 15.4 Å². The molecule has 0 bridgehead atoms. The molecule has 2 aliphatic rings. The molecule has 1 atom stereocenters. The van der Waals surface area contributed by atoms with Crippen molar-refractivity contribution in [3.05, 3.63) is 34.9 Å². The second-order valence-corrected chi connectivity index (χ2v) is 7.10. The van der Waals surface area contributed by atoms with E-state index in [4.69, 9.17) is 4.74 Å². The molecule has 1 fully saturated rings. The molecule has 2 heterocycles. The zero-order valence-electron chi connectivity index (χ0n) is 15.1. The van der Waals surface area contributed by atoms with Crippen LogP contribution in [0.5, 0.6) is 5.75 Å². The van der Waals surface area contributed by atoms with Gasteiger partial charge in [0.15, 0.2) is 5.82 Å². The van der Waals surface area contributed by atoms with Gasteiger partial charge in [-0.25, -0.2) is 0 Å². The first-order chi connectivity index (χ1) is 12.3. The standard InChI is InChI=1S/C20H26N4O/c1-13-8-9-17(18(11-13)25-2)19-15-6-3-7-16(15)20(24-23-19)22-14-5-4-10-21-12-14/h8-9,11,14,21H,3-7,10,12H2,1-2H3,(H,22,24). The quantitative estimate of drug-likeness (QED) is 0.897. The highest BCUT2D eigenvalue weighted by atomic mass is 16.5. The van der Waals surface area contributed by atoms with Gasteiger partial charge in [-0.15, -0.1) is 10.2 Å². The molecule has 0 spiro atoms. The van der Waals surface area contributed by atoms with Gasteiger partial charge in [-0.3, -0.25) is 0 Å². The molecule has 4 rings (SSSR count). The van der Waals surface area contributed by atoms with Gasteiger partial charge in [0.2, 0.25) is 0 Å². The first-order valence-electron chi connectivity index (χ1n) is 9.27. The maximum atomic E-state index is 5.60. The molecule has 1 aliphatic carbocycles. The summed E-state index contributed by atoms with van der Waals surface area (Å²) in [7, 11) is 1.72. The van der Waals surface area contributed by atoms with Gasteiger partial charge in [-0.05, 0) is 68.8 Å². The molecule has 1 aliphatic heterocycles. The predicted octanol–water partition coefficient (Wildman–Crippen LogP) is 3.11. The third-order valence-corrected chi connectivity index (χ3v) is 5.29. The highest BCUT2D eigenvalue weighted by molar-refractivity contribution is 5.73. The predicted molar refractivity (Wildman–Crippen MR) is 100 cm³/mol. The van der Waals surface area contributed by atoms with Gasteiger partial charge in [0.05, 0.1) is 7.11 Å². The maximum Gasteiger partial charge on any atom is 0.152 e. The van der Waals surface area contributed by atoms with E-state index in [-0.39, 0.29) is 0 Å². The number of hydrogen-bond donors (Lipinski definition) is 2. The fraction of sp³-hybridized carbons (Fsp3) is 0.500. The van der Waals surface area contributed by atoms with Crippen LogP contribution in [0.3, 0.4) is 0 Å². The zero-order chi connectivity index (χ0) is 17.2. The highest BCUT2D eigenvalue weighted by Gasteiger charge is 2.25. The number of piperidine rings is 1. The van der Waals surface area contributed by atoms with E-state index in [9.17, 15) is 0 Å². The van der Waals surface area contributed by atoms with Crippen molar-refractivity contribution in [3.63, 3.8) is 0 Å². The SMILES string of the molecule is COc1cc(C)ccc1-c1nnc(NC2CCCNC2)c2c1CCC2. The molecule has 1 aromatic heterocycles. The molecule has 2 aromatic rings. The molecule has 0 radical (unpaired) electrons. The normalized spacial score (nSPS) is 19.5. The number of benzene rings is 1. The molecular weight excluding hydrogens is 312 g/mol. The average Bonchev–Trinajstić information content (AvgIpc) is 3.13. The van der Waals surface area contributed by atoms with E-state index in [1.807, 2.05) is 0 Å². The summed E-state index contributed by atoms with van der Waals surface area (Å²) in [5.41, 5.74) is 5.90. The van der Waals surface area contributed by atoms with Crippen LogP contribution in [0.25, 0.3) is 11.3 Å². The van der Waals surface area contributed by atoms with Crippen LogP contribution in [0.4, 0.5) is 5.82 Å². The van der Waals surface area contributed by atoms with Crippen molar-refractivity contribution in [3.8, 4) is 17.0 Å². The second kappa shape index (κ2) is 7.00. The maximum absolute atomic E-state index is 5.60. The summed E-state index contributed by atoms with van der Waals surface area (Å²) in [5, 5.41) is 16.3. The first kappa shape index (κ1) is 16.3. The van der Waals surface area contributed by atoms with Crippen LogP contribution in [0.2, 0.25) is 0 Å². The minimum absolute atomic E-state index is 0.451. The van der Waals surface area contributed by atoms with Crippen molar-refractivity contribution in [1.82, 2.24) is 15.5 Å². The van der Waals surface area contributed by atoms with Crippen molar-refractivity contribution < 1.29 is 4.74 Å². The number of rotatable bonds is 4. The second-order valence-electron chi connectivity index (χ2n) is 7.10. The van der Waals surface area contributed by atoms with Crippen molar-refractivity contribution in [1.29, 1.82) is 0 Å². The van der Waals surface area contributed by atoms with Gasteiger partial charge < -0.3 is 15.4 Å². The molecule has 0 amide bonds. The lowest BCUT2D eigenvalue weighted by Crippen LogP contribution is -2.38. The van der Waals surface area contributed by atoms with E-state index in [1.165, 1.54) is 36.0 Å². The summed E-state index contributed by atoms with van der Waals surface area (Å²) < 4.78 is 5.60. The van der Waals surface area contributed by atoms with Gasteiger partial charge in [-0.1, -0.05) is 6.07 Å².